The molecule has 0 radical (unpaired) electrons. The second-order valence-electron chi connectivity index (χ2n) is 2.24. The zero-order chi connectivity index (χ0) is 10.2. The summed E-state index contributed by atoms with van der Waals surface area (Å²) in [7, 11) is -4.59. The Labute approximate surface area is 103 Å². The minimum absolute atomic E-state index is 0. The maximum absolute atomic E-state index is 10.6. The molecule has 0 spiro atoms. The van der Waals surface area contributed by atoms with Crippen molar-refractivity contribution in [3.8, 4) is 0 Å². The number of halogens is 2. The van der Waals surface area contributed by atoms with Gasteiger partial charge in [-0.15, -0.1) is 0 Å². The van der Waals surface area contributed by atoms with E-state index in [4.69, 9.17) is 28.9 Å². The normalized spacial score (nSPS) is 10.8. The zero-order valence-electron chi connectivity index (χ0n) is 7.12. The molecule has 14 heavy (non-hydrogen) atoms. The molecule has 0 unspecified atom stereocenters. The molecule has 0 aromatic heterocycles. The van der Waals surface area contributed by atoms with E-state index < -0.39 is 15.0 Å². The van der Waals surface area contributed by atoms with Crippen LogP contribution in [-0.4, -0.2) is 13.0 Å². The van der Waals surface area contributed by atoms with E-state index in [2.05, 4.69) is 0 Å². The van der Waals surface area contributed by atoms with Crippen LogP contribution in [0, 0.1) is 0 Å². The van der Waals surface area contributed by atoms with E-state index >= 15 is 0 Å². The molecule has 1 aromatic carbocycles. The summed E-state index contributed by atoms with van der Waals surface area (Å²) in [6, 6.07) is 2.23. The van der Waals surface area contributed by atoms with Gasteiger partial charge in [0.15, 0.2) is 0 Å². The smallest absolute Gasteiger partial charge is 0.744 e. The first-order chi connectivity index (χ1) is 5.84. The molecule has 0 heterocycles. The molecule has 8 heteroatoms. The number of nitrogen functional groups attached to an aromatic ring is 1. The van der Waals surface area contributed by atoms with Gasteiger partial charge in [-0.1, -0.05) is 23.2 Å². The molecule has 72 valence electrons. The van der Waals surface area contributed by atoms with Gasteiger partial charge in [-0.05, 0) is 12.1 Å². The third kappa shape index (κ3) is 2.80. The van der Waals surface area contributed by atoms with Gasteiger partial charge in [-0.2, -0.15) is 0 Å². The van der Waals surface area contributed by atoms with E-state index in [1.54, 1.807) is 0 Å². The van der Waals surface area contributed by atoms with Crippen LogP contribution in [0.25, 0.3) is 0 Å². The van der Waals surface area contributed by atoms with E-state index in [1.165, 1.54) is 6.07 Å². The summed E-state index contributed by atoms with van der Waals surface area (Å²) >= 11 is 11.0. The second-order valence-corrected chi connectivity index (χ2v) is 4.34. The molecule has 0 saturated carbocycles. The predicted molar refractivity (Wildman–Crippen MR) is 48.8 cm³/mol. The fourth-order valence-electron chi connectivity index (χ4n) is 0.740. The van der Waals surface area contributed by atoms with Crippen molar-refractivity contribution in [2.24, 2.45) is 0 Å². The molecule has 0 atom stereocenters. The minimum Gasteiger partial charge on any atom is -0.744 e. The molecule has 0 amide bonds. The summed E-state index contributed by atoms with van der Waals surface area (Å²) in [5.74, 6) is 0. The van der Waals surface area contributed by atoms with Gasteiger partial charge >= 0.3 is 18.9 Å². The minimum atomic E-state index is -4.59. The van der Waals surface area contributed by atoms with Gasteiger partial charge in [-0.25, -0.2) is 8.42 Å². The van der Waals surface area contributed by atoms with Gasteiger partial charge in [0.1, 0.15) is 10.1 Å². The Kier molecular flexibility index (Phi) is 4.79. The number of nitrogens with two attached hydrogens (primary N) is 1. The average molecular weight is 248 g/mol. The number of anilines is 1. The molecule has 0 saturated heterocycles. The fourth-order valence-corrected chi connectivity index (χ4v) is 1.97. The Hall–Kier alpha value is 0.107. The molecule has 0 aliphatic carbocycles. The van der Waals surface area contributed by atoms with Crippen LogP contribution >= 0.6 is 23.2 Å². The molecule has 0 bridgehead atoms. The Morgan fingerprint density at radius 2 is 1.71 bits per heavy atom. The fraction of sp³-hybridized carbons (Fsp3) is 0. The summed E-state index contributed by atoms with van der Waals surface area (Å²) < 4.78 is 31.7. The first-order valence-corrected chi connectivity index (χ1v) is 5.20. The SMILES string of the molecule is Nc1ccc(S(=O)(=O)[O-])c(Cl)c1Cl.[Li+]. The van der Waals surface area contributed by atoms with Crippen LogP contribution < -0.4 is 24.6 Å². The maximum Gasteiger partial charge on any atom is 1.00 e. The zero-order valence-corrected chi connectivity index (χ0v) is 9.45. The molecule has 0 fully saturated rings. The number of rotatable bonds is 1. The Balaban J connectivity index is 0.00000169. The molecule has 4 nitrogen and oxygen atoms in total. The van der Waals surface area contributed by atoms with Gasteiger partial charge in [0.2, 0.25) is 0 Å². The monoisotopic (exact) mass is 247 g/mol. The predicted octanol–water partition coefficient (Wildman–Crippen LogP) is -1.52. The standard InChI is InChI=1S/C6H5Cl2NO3S.Li/c7-5-3(9)1-2-4(6(5)8)13(10,11)12;/h1-2H,9H2,(H,10,11,12);/q;+1/p-1. The molecule has 0 aliphatic heterocycles. The second kappa shape index (κ2) is 4.75. The van der Waals surface area contributed by atoms with Crippen molar-refractivity contribution in [1.29, 1.82) is 0 Å². The van der Waals surface area contributed by atoms with Crippen molar-refractivity contribution in [2.45, 2.75) is 4.90 Å². The molecule has 2 N–H and O–H groups in total. The molecule has 0 aliphatic rings. The summed E-state index contributed by atoms with van der Waals surface area (Å²) in [6.07, 6.45) is 0. The Bertz CT molecular complexity index is 449. The quantitative estimate of drug-likeness (QED) is 0.372. The number of benzene rings is 1. The summed E-state index contributed by atoms with van der Waals surface area (Å²) in [5.41, 5.74) is 5.44. The van der Waals surface area contributed by atoms with E-state index in [9.17, 15) is 13.0 Å². The van der Waals surface area contributed by atoms with Crippen LogP contribution in [0.1, 0.15) is 0 Å². The van der Waals surface area contributed by atoms with Crippen LogP contribution in [0.2, 0.25) is 10.0 Å². The van der Waals surface area contributed by atoms with Crippen molar-refractivity contribution in [3.63, 3.8) is 0 Å². The summed E-state index contributed by atoms with van der Waals surface area (Å²) in [4.78, 5) is -0.562. The van der Waals surface area contributed by atoms with Crippen molar-refractivity contribution >= 4 is 39.0 Å². The van der Waals surface area contributed by atoms with Crippen molar-refractivity contribution in [1.82, 2.24) is 0 Å². The molecule has 1 aromatic rings. The van der Waals surface area contributed by atoms with Crippen LogP contribution in [0.4, 0.5) is 5.69 Å². The largest absolute Gasteiger partial charge is 1.00 e. The third-order valence-corrected chi connectivity index (χ3v) is 3.23. The van der Waals surface area contributed by atoms with Crippen molar-refractivity contribution in [2.75, 3.05) is 5.73 Å². The van der Waals surface area contributed by atoms with E-state index in [0.29, 0.717) is 0 Å². The van der Waals surface area contributed by atoms with E-state index in [-0.39, 0.29) is 34.6 Å². The van der Waals surface area contributed by atoms with E-state index in [1.807, 2.05) is 0 Å². The van der Waals surface area contributed by atoms with Crippen molar-refractivity contribution in [3.05, 3.63) is 22.2 Å². The third-order valence-electron chi connectivity index (χ3n) is 1.35. The van der Waals surface area contributed by atoms with Crippen LogP contribution in [-0.2, 0) is 10.1 Å². The van der Waals surface area contributed by atoms with Crippen LogP contribution in [0.5, 0.6) is 0 Å². The first kappa shape index (κ1) is 14.1. The summed E-state index contributed by atoms with van der Waals surface area (Å²) in [6.45, 7) is 0. The van der Waals surface area contributed by atoms with Crippen molar-refractivity contribution < 1.29 is 31.8 Å². The van der Waals surface area contributed by atoms with E-state index in [0.717, 1.165) is 6.07 Å². The topological polar surface area (TPSA) is 83.2 Å². The van der Waals surface area contributed by atoms with Crippen LogP contribution in [0.15, 0.2) is 17.0 Å². The van der Waals surface area contributed by atoms with Crippen LogP contribution in [0.3, 0.4) is 0 Å². The maximum atomic E-state index is 10.6. The molecule has 1 rings (SSSR count). The van der Waals surface area contributed by atoms with Gasteiger partial charge in [0.05, 0.1) is 20.6 Å². The Morgan fingerprint density at radius 3 is 2.14 bits per heavy atom. The number of hydrogen-bond donors (Lipinski definition) is 1. The van der Waals surface area contributed by atoms with Gasteiger partial charge in [0, 0.05) is 0 Å². The first-order valence-electron chi connectivity index (χ1n) is 3.03. The molecular formula is C6H4Cl2LiNO3S. The summed E-state index contributed by atoms with van der Waals surface area (Å²) in [5, 5.41) is -0.463. The Morgan fingerprint density at radius 1 is 1.21 bits per heavy atom. The number of hydrogen-bond acceptors (Lipinski definition) is 4. The molecular weight excluding hydrogens is 244 g/mol. The van der Waals surface area contributed by atoms with Gasteiger partial charge in [-0.3, -0.25) is 0 Å². The average Bonchev–Trinajstić information content (AvgIpc) is 1.98. The van der Waals surface area contributed by atoms with Gasteiger partial charge in [0.25, 0.3) is 0 Å². The van der Waals surface area contributed by atoms with Gasteiger partial charge < -0.3 is 10.3 Å².